The average molecular weight is 523 g/mol. The lowest BCUT2D eigenvalue weighted by atomic mass is 10.1. The van der Waals surface area contributed by atoms with Crippen molar-refractivity contribution in [2.75, 3.05) is 18.5 Å². The molecule has 1 aliphatic rings. The van der Waals surface area contributed by atoms with Crippen molar-refractivity contribution in [2.45, 2.75) is 20.3 Å². The van der Waals surface area contributed by atoms with Crippen LogP contribution in [0.5, 0.6) is 0 Å². The highest BCUT2D eigenvalue weighted by molar-refractivity contribution is 9.10. The first kappa shape index (κ1) is 23.7. The Morgan fingerprint density at radius 2 is 1.91 bits per heavy atom. The minimum Gasteiger partial charge on any atom is -0.455 e. The van der Waals surface area contributed by atoms with Gasteiger partial charge < -0.3 is 10.1 Å². The number of hydrazine groups is 1. The van der Waals surface area contributed by atoms with Crippen LogP contribution in [-0.4, -0.2) is 41.9 Å². The van der Waals surface area contributed by atoms with Gasteiger partial charge in [0.05, 0.1) is 17.5 Å². The molecule has 1 aliphatic heterocycles. The van der Waals surface area contributed by atoms with E-state index in [1.165, 1.54) is 0 Å². The van der Waals surface area contributed by atoms with E-state index in [0.29, 0.717) is 26.3 Å². The predicted molar refractivity (Wildman–Crippen MR) is 122 cm³/mol. The third kappa shape index (κ3) is 5.46. The number of benzene rings is 2. The molecule has 2 N–H and O–H groups in total. The van der Waals surface area contributed by atoms with Crippen LogP contribution in [0.3, 0.4) is 0 Å². The zero-order valence-electron chi connectivity index (χ0n) is 17.4. The van der Waals surface area contributed by atoms with Crippen molar-refractivity contribution >= 4 is 56.9 Å². The Hall–Kier alpha value is -2.91. The monoisotopic (exact) mass is 521 g/mol. The number of hydrogen-bond acceptors (Lipinski definition) is 5. The van der Waals surface area contributed by atoms with Crippen LogP contribution in [-0.2, 0) is 19.1 Å². The molecule has 0 unspecified atom stereocenters. The van der Waals surface area contributed by atoms with Crippen molar-refractivity contribution in [3.05, 3.63) is 62.6 Å². The van der Waals surface area contributed by atoms with Gasteiger partial charge in [0, 0.05) is 22.1 Å². The molecular weight excluding hydrogens is 502 g/mol. The molecule has 1 saturated heterocycles. The van der Waals surface area contributed by atoms with Gasteiger partial charge in [0.25, 0.3) is 11.8 Å². The summed E-state index contributed by atoms with van der Waals surface area (Å²) >= 11 is 9.44. The second kappa shape index (κ2) is 10.1. The second-order valence-electron chi connectivity index (χ2n) is 7.35. The number of rotatable bonds is 6. The van der Waals surface area contributed by atoms with Gasteiger partial charge in [-0.1, -0.05) is 29.8 Å². The molecule has 3 rings (SSSR count). The first-order valence-corrected chi connectivity index (χ1v) is 10.9. The van der Waals surface area contributed by atoms with Crippen LogP contribution in [0.15, 0.2) is 40.9 Å². The molecule has 1 atom stereocenters. The highest BCUT2D eigenvalue weighted by atomic mass is 79.9. The topological polar surface area (TPSA) is 105 Å². The van der Waals surface area contributed by atoms with Crippen LogP contribution in [0.4, 0.5) is 5.69 Å². The van der Waals surface area contributed by atoms with E-state index in [2.05, 4.69) is 26.7 Å². The summed E-state index contributed by atoms with van der Waals surface area (Å²) < 4.78 is 5.77. The second-order valence-corrected chi connectivity index (χ2v) is 8.58. The third-order valence-corrected chi connectivity index (χ3v) is 6.42. The average Bonchev–Trinajstić information content (AvgIpc) is 3.13. The van der Waals surface area contributed by atoms with E-state index < -0.39 is 36.2 Å². The van der Waals surface area contributed by atoms with Gasteiger partial charge in [-0.15, -0.1) is 0 Å². The Bertz CT molecular complexity index is 1090. The number of amides is 3. The summed E-state index contributed by atoms with van der Waals surface area (Å²) in [7, 11) is 0. The molecule has 0 saturated carbocycles. The number of halogens is 2. The third-order valence-electron chi connectivity index (χ3n) is 5.04. The van der Waals surface area contributed by atoms with E-state index >= 15 is 0 Å². The molecule has 0 radical (unpaired) electrons. The van der Waals surface area contributed by atoms with Gasteiger partial charge in [-0.3, -0.25) is 29.6 Å². The fourth-order valence-electron chi connectivity index (χ4n) is 3.21. The summed E-state index contributed by atoms with van der Waals surface area (Å²) in [5.74, 6) is -2.84. The largest absolute Gasteiger partial charge is 0.455 e. The SMILES string of the molecule is Cc1ccccc1C(=O)NN1C[C@@H](C(=O)OCC(=O)Nc2ccc(Br)c(Cl)c2C)CC1=O. The summed E-state index contributed by atoms with van der Waals surface area (Å²) in [5.41, 5.74) is 4.90. The van der Waals surface area contributed by atoms with Crippen LogP contribution in [0.2, 0.25) is 5.02 Å². The first-order chi connectivity index (χ1) is 15.2. The van der Waals surface area contributed by atoms with Crippen LogP contribution >= 0.6 is 27.5 Å². The Labute approximate surface area is 198 Å². The van der Waals surface area contributed by atoms with Gasteiger partial charge in [0.2, 0.25) is 5.91 Å². The number of nitrogens with one attached hydrogen (secondary N) is 2. The number of anilines is 1. The molecule has 32 heavy (non-hydrogen) atoms. The maximum atomic E-state index is 12.4. The summed E-state index contributed by atoms with van der Waals surface area (Å²) in [5, 5.41) is 4.21. The minimum atomic E-state index is -0.781. The van der Waals surface area contributed by atoms with Crippen LogP contribution in [0.1, 0.15) is 27.9 Å². The smallest absolute Gasteiger partial charge is 0.311 e. The van der Waals surface area contributed by atoms with Crippen molar-refractivity contribution in [3.63, 3.8) is 0 Å². The van der Waals surface area contributed by atoms with Crippen LogP contribution in [0, 0.1) is 19.8 Å². The van der Waals surface area contributed by atoms with Gasteiger partial charge in [-0.25, -0.2) is 0 Å². The predicted octanol–water partition coefficient (Wildman–Crippen LogP) is 3.39. The molecule has 2 aromatic rings. The number of carbonyl (C=O) groups excluding carboxylic acids is 4. The van der Waals surface area contributed by atoms with Crippen molar-refractivity contribution in [1.29, 1.82) is 0 Å². The highest BCUT2D eigenvalue weighted by Crippen LogP contribution is 2.31. The lowest BCUT2D eigenvalue weighted by Gasteiger charge is -2.18. The molecule has 0 bridgehead atoms. The maximum absolute atomic E-state index is 12.4. The van der Waals surface area contributed by atoms with E-state index in [4.69, 9.17) is 16.3 Å². The number of nitrogens with zero attached hydrogens (tertiary/aromatic N) is 1. The minimum absolute atomic E-state index is 0.0294. The maximum Gasteiger partial charge on any atom is 0.311 e. The number of esters is 1. The molecule has 0 aliphatic carbocycles. The lowest BCUT2D eigenvalue weighted by molar-refractivity contribution is -0.151. The van der Waals surface area contributed by atoms with Gasteiger partial charge in [0.15, 0.2) is 6.61 Å². The van der Waals surface area contributed by atoms with Crippen molar-refractivity contribution in [3.8, 4) is 0 Å². The summed E-state index contributed by atoms with van der Waals surface area (Å²) in [6.45, 7) is 3.00. The Morgan fingerprint density at radius 1 is 1.19 bits per heavy atom. The van der Waals surface area contributed by atoms with E-state index in [1.807, 2.05) is 6.07 Å². The highest BCUT2D eigenvalue weighted by Gasteiger charge is 2.36. The molecule has 3 amide bonds. The zero-order chi connectivity index (χ0) is 23.4. The van der Waals surface area contributed by atoms with E-state index in [0.717, 1.165) is 10.6 Å². The molecule has 8 nitrogen and oxygen atoms in total. The normalized spacial score (nSPS) is 15.4. The molecule has 0 spiro atoms. The van der Waals surface area contributed by atoms with Crippen LogP contribution < -0.4 is 10.7 Å². The number of aryl methyl sites for hydroxylation is 1. The molecular formula is C22H21BrClN3O5. The van der Waals surface area contributed by atoms with Crippen molar-refractivity contribution in [2.24, 2.45) is 5.92 Å². The first-order valence-electron chi connectivity index (χ1n) is 9.75. The molecule has 1 fully saturated rings. The van der Waals surface area contributed by atoms with Crippen LogP contribution in [0.25, 0.3) is 0 Å². The molecule has 2 aromatic carbocycles. The van der Waals surface area contributed by atoms with Gasteiger partial charge in [-0.2, -0.15) is 0 Å². The van der Waals surface area contributed by atoms with Gasteiger partial charge in [-0.05, 0) is 59.1 Å². The van der Waals surface area contributed by atoms with Crippen molar-refractivity contribution < 1.29 is 23.9 Å². The summed E-state index contributed by atoms with van der Waals surface area (Å²) in [4.78, 5) is 49.2. The van der Waals surface area contributed by atoms with Gasteiger partial charge >= 0.3 is 5.97 Å². The summed E-state index contributed by atoms with van der Waals surface area (Å²) in [6, 6.07) is 10.3. The number of ether oxygens (including phenoxy) is 1. The molecule has 10 heteroatoms. The summed E-state index contributed by atoms with van der Waals surface area (Å²) in [6.07, 6.45) is -0.115. The molecule has 1 heterocycles. The number of carbonyl (C=O) groups is 4. The van der Waals surface area contributed by atoms with E-state index in [1.54, 1.807) is 44.2 Å². The Morgan fingerprint density at radius 3 is 2.62 bits per heavy atom. The molecule has 0 aromatic heterocycles. The fraction of sp³-hybridized carbons (Fsp3) is 0.273. The zero-order valence-corrected chi connectivity index (χ0v) is 19.7. The van der Waals surface area contributed by atoms with E-state index in [-0.39, 0.29) is 13.0 Å². The number of hydrogen-bond donors (Lipinski definition) is 2. The Kier molecular flexibility index (Phi) is 7.52. The Balaban J connectivity index is 1.51. The van der Waals surface area contributed by atoms with E-state index in [9.17, 15) is 19.2 Å². The van der Waals surface area contributed by atoms with Crippen molar-refractivity contribution in [1.82, 2.24) is 10.4 Å². The fourth-order valence-corrected chi connectivity index (χ4v) is 3.81. The lowest BCUT2D eigenvalue weighted by Crippen LogP contribution is -2.43. The molecule has 168 valence electrons. The quantitative estimate of drug-likeness (QED) is 0.566. The van der Waals surface area contributed by atoms with Gasteiger partial charge in [0.1, 0.15) is 0 Å². The standard InChI is InChI=1S/C22H21BrClN3O5/c1-12-5-3-4-6-15(12)21(30)26-27-10-14(9-19(27)29)22(31)32-11-18(28)25-17-8-7-16(23)20(24)13(17)2/h3-8,14H,9-11H2,1-2H3,(H,25,28)(H,26,30)/t14-/m0/s1.